The zero-order valence-electron chi connectivity index (χ0n) is 14.6. The third kappa shape index (κ3) is 3.75. The van der Waals surface area contributed by atoms with Crippen LogP contribution in [0.3, 0.4) is 0 Å². The number of anilines is 1. The molecular formula is C19H21N5O. The number of nitrogens with zero attached hydrogens (tertiary/aromatic N) is 3. The van der Waals surface area contributed by atoms with Crippen molar-refractivity contribution >= 4 is 11.6 Å². The molecule has 0 unspecified atom stereocenters. The highest BCUT2D eigenvalue weighted by Crippen LogP contribution is 2.17. The summed E-state index contributed by atoms with van der Waals surface area (Å²) in [6.45, 7) is 4.69. The van der Waals surface area contributed by atoms with Gasteiger partial charge >= 0.3 is 0 Å². The summed E-state index contributed by atoms with van der Waals surface area (Å²) >= 11 is 0. The number of benzene rings is 1. The minimum atomic E-state index is -0.175. The first-order valence-corrected chi connectivity index (χ1v) is 8.10. The van der Waals surface area contributed by atoms with E-state index >= 15 is 0 Å². The lowest BCUT2D eigenvalue weighted by molar-refractivity contribution is 0.102. The van der Waals surface area contributed by atoms with Gasteiger partial charge in [-0.15, -0.1) is 0 Å². The molecule has 6 heteroatoms. The van der Waals surface area contributed by atoms with Crippen molar-refractivity contribution in [2.75, 3.05) is 12.4 Å². The van der Waals surface area contributed by atoms with Gasteiger partial charge in [-0.25, -0.2) is 4.98 Å². The molecule has 3 aromatic rings. The van der Waals surface area contributed by atoms with Crippen LogP contribution < -0.4 is 10.6 Å². The Morgan fingerprint density at radius 3 is 2.40 bits per heavy atom. The van der Waals surface area contributed by atoms with Gasteiger partial charge in [0.25, 0.3) is 5.91 Å². The molecule has 3 rings (SSSR count). The largest absolute Gasteiger partial charge is 0.322 e. The molecule has 25 heavy (non-hydrogen) atoms. The third-order valence-electron chi connectivity index (χ3n) is 4.10. The highest BCUT2D eigenvalue weighted by Gasteiger charge is 2.08. The molecule has 0 radical (unpaired) electrons. The van der Waals surface area contributed by atoms with Crippen LogP contribution in [0.15, 0.2) is 48.9 Å². The lowest BCUT2D eigenvalue weighted by Crippen LogP contribution is -2.13. The quantitative estimate of drug-likeness (QED) is 0.752. The smallest absolute Gasteiger partial charge is 0.257 e. The van der Waals surface area contributed by atoms with Gasteiger partial charge in [-0.3, -0.25) is 9.78 Å². The molecule has 0 aliphatic carbocycles. The van der Waals surface area contributed by atoms with Crippen molar-refractivity contribution in [2.45, 2.75) is 20.4 Å². The Balaban J connectivity index is 1.70. The number of aromatic nitrogens is 3. The molecular weight excluding hydrogens is 314 g/mol. The Hall–Kier alpha value is -2.99. The van der Waals surface area contributed by atoms with E-state index in [1.54, 1.807) is 18.6 Å². The number of carbonyl (C=O) groups is 1. The fraction of sp³-hybridized carbons (Fsp3) is 0.211. The summed E-state index contributed by atoms with van der Waals surface area (Å²) in [5.41, 5.74) is 5.28. The molecule has 0 saturated heterocycles. The van der Waals surface area contributed by atoms with Crippen LogP contribution in [-0.2, 0) is 6.54 Å². The molecule has 2 N–H and O–H groups in total. The lowest BCUT2D eigenvalue weighted by Gasteiger charge is -2.09. The highest BCUT2D eigenvalue weighted by atomic mass is 16.1. The third-order valence-corrected chi connectivity index (χ3v) is 4.10. The van der Waals surface area contributed by atoms with E-state index in [0.29, 0.717) is 12.1 Å². The van der Waals surface area contributed by atoms with E-state index in [-0.39, 0.29) is 5.91 Å². The molecule has 0 fully saturated rings. The molecule has 1 amide bonds. The van der Waals surface area contributed by atoms with Gasteiger partial charge in [0.05, 0.1) is 23.3 Å². The molecule has 2 aromatic heterocycles. The maximum atomic E-state index is 12.3. The van der Waals surface area contributed by atoms with Crippen LogP contribution in [0.25, 0.3) is 5.69 Å². The number of imidazole rings is 1. The van der Waals surface area contributed by atoms with Crippen molar-refractivity contribution < 1.29 is 4.79 Å². The Morgan fingerprint density at radius 2 is 1.84 bits per heavy atom. The second kappa shape index (κ2) is 7.27. The van der Waals surface area contributed by atoms with E-state index in [2.05, 4.69) is 20.6 Å². The predicted molar refractivity (Wildman–Crippen MR) is 98.0 cm³/mol. The molecule has 6 nitrogen and oxygen atoms in total. The number of pyridine rings is 1. The number of carbonyl (C=O) groups excluding carboxylic acids is 1. The topological polar surface area (TPSA) is 71.8 Å². The van der Waals surface area contributed by atoms with Crippen molar-refractivity contribution in [3.05, 3.63) is 71.6 Å². The SMILES string of the molecule is CNCc1ccc(C(=O)Nc2ccc(-n3cnc(C)c3C)cc2)cn1. The minimum absolute atomic E-state index is 0.175. The average Bonchev–Trinajstić information content (AvgIpc) is 2.96. The van der Waals surface area contributed by atoms with Gasteiger partial charge in [-0.05, 0) is 57.3 Å². The maximum Gasteiger partial charge on any atom is 0.257 e. The molecule has 128 valence electrons. The van der Waals surface area contributed by atoms with Gasteiger partial charge in [-0.2, -0.15) is 0 Å². The molecule has 0 aliphatic rings. The summed E-state index contributed by atoms with van der Waals surface area (Å²) in [7, 11) is 1.86. The van der Waals surface area contributed by atoms with Crippen molar-refractivity contribution in [3.63, 3.8) is 0 Å². The van der Waals surface area contributed by atoms with E-state index in [1.165, 1.54) is 0 Å². The van der Waals surface area contributed by atoms with Crippen LogP contribution in [0.5, 0.6) is 0 Å². The van der Waals surface area contributed by atoms with E-state index in [0.717, 1.165) is 28.5 Å². The van der Waals surface area contributed by atoms with Crippen LogP contribution in [0.1, 0.15) is 27.4 Å². The monoisotopic (exact) mass is 335 g/mol. The van der Waals surface area contributed by atoms with Crippen LogP contribution >= 0.6 is 0 Å². The van der Waals surface area contributed by atoms with Crippen molar-refractivity contribution in [1.82, 2.24) is 19.9 Å². The van der Waals surface area contributed by atoms with Crippen molar-refractivity contribution in [3.8, 4) is 5.69 Å². The van der Waals surface area contributed by atoms with E-state index in [4.69, 9.17) is 0 Å². The summed E-state index contributed by atoms with van der Waals surface area (Å²) in [5, 5.41) is 5.92. The van der Waals surface area contributed by atoms with Crippen molar-refractivity contribution in [2.24, 2.45) is 0 Å². The lowest BCUT2D eigenvalue weighted by atomic mass is 10.2. The summed E-state index contributed by atoms with van der Waals surface area (Å²) < 4.78 is 2.02. The molecule has 0 bridgehead atoms. The number of hydrogen-bond donors (Lipinski definition) is 2. The van der Waals surface area contributed by atoms with Gasteiger partial charge in [-0.1, -0.05) is 0 Å². The van der Waals surface area contributed by atoms with Crippen molar-refractivity contribution in [1.29, 1.82) is 0 Å². The first-order valence-electron chi connectivity index (χ1n) is 8.10. The molecule has 1 aromatic carbocycles. The molecule has 0 saturated carbocycles. The van der Waals surface area contributed by atoms with Gasteiger partial charge in [0.2, 0.25) is 0 Å². The normalized spacial score (nSPS) is 10.7. The Morgan fingerprint density at radius 1 is 1.08 bits per heavy atom. The minimum Gasteiger partial charge on any atom is -0.322 e. The summed E-state index contributed by atoms with van der Waals surface area (Å²) in [5.74, 6) is -0.175. The maximum absolute atomic E-state index is 12.3. The van der Waals surface area contributed by atoms with Gasteiger partial charge in [0, 0.05) is 29.8 Å². The zero-order valence-corrected chi connectivity index (χ0v) is 14.6. The molecule has 0 spiro atoms. The Bertz CT molecular complexity index is 866. The van der Waals surface area contributed by atoms with Gasteiger partial charge in [0.1, 0.15) is 0 Å². The fourth-order valence-corrected chi connectivity index (χ4v) is 2.51. The average molecular weight is 335 g/mol. The number of hydrogen-bond acceptors (Lipinski definition) is 4. The first-order chi connectivity index (χ1) is 12.1. The first kappa shape index (κ1) is 16.9. The second-order valence-corrected chi connectivity index (χ2v) is 5.85. The van der Waals surface area contributed by atoms with Crippen LogP contribution in [0.4, 0.5) is 5.69 Å². The van der Waals surface area contributed by atoms with Gasteiger partial charge in [0.15, 0.2) is 0 Å². The van der Waals surface area contributed by atoms with E-state index < -0.39 is 0 Å². The number of nitrogens with one attached hydrogen (secondary N) is 2. The molecule has 0 atom stereocenters. The van der Waals surface area contributed by atoms with Gasteiger partial charge < -0.3 is 15.2 Å². The predicted octanol–water partition coefficient (Wildman–Crippen LogP) is 2.86. The molecule has 2 heterocycles. The summed E-state index contributed by atoms with van der Waals surface area (Å²) in [6, 6.07) is 11.3. The highest BCUT2D eigenvalue weighted by molar-refractivity contribution is 6.04. The Labute approximate surface area is 146 Å². The van der Waals surface area contributed by atoms with E-state index in [9.17, 15) is 4.79 Å². The fourth-order valence-electron chi connectivity index (χ4n) is 2.51. The second-order valence-electron chi connectivity index (χ2n) is 5.85. The number of amides is 1. The van der Waals surface area contributed by atoms with Crippen LogP contribution in [0.2, 0.25) is 0 Å². The summed E-state index contributed by atoms with van der Waals surface area (Å²) in [4.78, 5) is 20.9. The molecule has 0 aliphatic heterocycles. The van der Waals surface area contributed by atoms with Crippen LogP contribution in [-0.4, -0.2) is 27.5 Å². The number of rotatable bonds is 5. The zero-order chi connectivity index (χ0) is 17.8. The number of aryl methyl sites for hydroxylation is 1. The summed E-state index contributed by atoms with van der Waals surface area (Å²) in [6.07, 6.45) is 3.39. The van der Waals surface area contributed by atoms with Crippen LogP contribution in [0, 0.1) is 13.8 Å². The van der Waals surface area contributed by atoms with E-state index in [1.807, 2.05) is 55.8 Å². The Kier molecular flexibility index (Phi) is 4.90. The standard InChI is InChI=1S/C19H21N5O/c1-13-14(2)24(12-22-13)18-8-6-16(7-9-18)23-19(25)15-4-5-17(11-20-3)21-10-15/h4-10,12,20H,11H2,1-3H3,(H,23,25).